The van der Waals surface area contributed by atoms with Gasteiger partial charge in [0.25, 0.3) is 5.89 Å². The van der Waals surface area contributed by atoms with Gasteiger partial charge in [-0.3, -0.25) is 4.98 Å². The third-order valence-corrected chi connectivity index (χ3v) is 2.77. The Kier molecular flexibility index (Phi) is 3.04. The maximum Gasteiger partial charge on any atom is 0.259 e. The predicted molar refractivity (Wildman–Crippen MR) is 68.4 cm³/mol. The van der Waals surface area contributed by atoms with Crippen molar-refractivity contribution in [1.29, 1.82) is 0 Å². The predicted octanol–water partition coefficient (Wildman–Crippen LogP) is 3.10. The monoisotopic (exact) mass is 320 g/mol. The van der Waals surface area contributed by atoms with E-state index >= 15 is 0 Å². The van der Waals surface area contributed by atoms with Crippen molar-refractivity contribution < 1.29 is 8.91 Å². The fraction of sp³-hybridized carbons (Fsp3) is 0. The van der Waals surface area contributed by atoms with Crippen LogP contribution in [-0.2, 0) is 0 Å². The van der Waals surface area contributed by atoms with Gasteiger partial charge in [0.2, 0.25) is 5.82 Å². The van der Waals surface area contributed by atoms with E-state index in [1.807, 2.05) is 6.07 Å². The summed E-state index contributed by atoms with van der Waals surface area (Å²) >= 11 is 3.31. The first-order valence-electron chi connectivity index (χ1n) is 5.29. The van der Waals surface area contributed by atoms with Gasteiger partial charge in [0, 0.05) is 16.9 Å². The number of hydrogen-bond acceptors (Lipinski definition) is 5. The van der Waals surface area contributed by atoms with E-state index < -0.39 is 5.82 Å². The highest BCUT2D eigenvalue weighted by Gasteiger charge is 2.12. The van der Waals surface area contributed by atoms with Gasteiger partial charge in [0.1, 0.15) is 11.5 Å². The molecule has 0 fully saturated rings. The van der Waals surface area contributed by atoms with Crippen molar-refractivity contribution in [3.63, 3.8) is 0 Å². The molecule has 0 bridgehead atoms. The molecule has 19 heavy (non-hydrogen) atoms. The van der Waals surface area contributed by atoms with E-state index in [2.05, 4.69) is 36.0 Å². The SMILES string of the molecule is Fc1ccc(-c2noc(-c3cncc(Br)c3)n2)nc1. The first-order valence-corrected chi connectivity index (χ1v) is 6.08. The Labute approximate surface area is 115 Å². The molecule has 0 unspecified atom stereocenters. The fourth-order valence-electron chi connectivity index (χ4n) is 1.48. The van der Waals surface area contributed by atoms with Gasteiger partial charge in [-0.15, -0.1) is 0 Å². The maximum atomic E-state index is 12.8. The molecule has 3 rings (SSSR count). The molecule has 0 spiro atoms. The van der Waals surface area contributed by atoms with E-state index in [9.17, 15) is 4.39 Å². The molecule has 3 aromatic rings. The zero-order valence-corrected chi connectivity index (χ0v) is 11.0. The van der Waals surface area contributed by atoms with Gasteiger partial charge in [-0.05, 0) is 34.1 Å². The Balaban J connectivity index is 1.97. The van der Waals surface area contributed by atoms with Crippen LogP contribution in [0.4, 0.5) is 4.39 Å². The Morgan fingerprint density at radius 3 is 2.79 bits per heavy atom. The lowest BCUT2D eigenvalue weighted by molar-refractivity contribution is 0.432. The largest absolute Gasteiger partial charge is 0.333 e. The van der Waals surface area contributed by atoms with Crippen LogP contribution in [0, 0.1) is 5.82 Å². The van der Waals surface area contributed by atoms with Crippen molar-refractivity contribution in [2.45, 2.75) is 0 Å². The third kappa shape index (κ3) is 2.50. The first kappa shape index (κ1) is 11.9. The van der Waals surface area contributed by atoms with E-state index in [1.165, 1.54) is 12.1 Å². The van der Waals surface area contributed by atoms with Crippen LogP contribution in [0.15, 0.2) is 45.8 Å². The number of halogens is 2. The summed E-state index contributed by atoms with van der Waals surface area (Å²) in [6.07, 6.45) is 4.37. The lowest BCUT2D eigenvalue weighted by Gasteiger charge is -1.93. The van der Waals surface area contributed by atoms with Gasteiger partial charge in [0.15, 0.2) is 0 Å². The summed E-state index contributed by atoms with van der Waals surface area (Å²) in [5.41, 5.74) is 1.13. The molecule has 0 aliphatic carbocycles. The Morgan fingerprint density at radius 1 is 1.16 bits per heavy atom. The highest BCUT2D eigenvalue weighted by Crippen LogP contribution is 2.22. The second kappa shape index (κ2) is 4.85. The molecule has 0 aromatic carbocycles. The lowest BCUT2D eigenvalue weighted by Crippen LogP contribution is -1.86. The van der Waals surface area contributed by atoms with Gasteiger partial charge in [-0.1, -0.05) is 5.16 Å². The third-order valence-electron chi connectivity index (χ3n) is 2.33. The molecule has 0 aliphatic rings. The molecule has 5 nitrogen and oxygen atoms in total. The van der Waals surface area contributed by atoms with Crippen LogP contribution in [0.3, 0.4) is 0 Å². The van der Waals surface area contributed by atoms with Crippen molar-refractivity contribution in [2.24, 2.45) is 0 Å². The zero-order chi connectivity index (χ0) is 13.2. The van der Waals surface area contributed by atoms with Crippen molar-refractivity contribution in [3.05, 3.63) is 47.1 Å². The standard InChI is InChI=1S/C12H6BrFN4O/c13-8-3-7(4-15-5-8)12-17-11(18-19-12)10-2-1-9(14)6-16-10/h1-6H. The van der Waals surface area contributed by atoms with E-state index in [0.29, 0.717) is 23.0 Å². The van der Waals surface area contributed by atoms with Crippen LogP contribution in [0.2, 0.25) is 0 Å². The minimum absolute atomic E-state index is 0.301. The van der Waals surface area contributed by atoms with Crippen molar-refractivity contribution in [1.82, 2.24) is 20.1 Å². The molecule has 3 aromatic heterocycles. The van der Waals surface area contributed by atoms with E-state index in [4.69, 9.17) is 4.52 Å². The van der Waals surface area contributed by atoms with Gasteiger partial charge >= 0.3 is 0 Å². The molecule has 0 amide bonds. The molecular formula is C12H6BrFN4O. The van der Waals surface area contributed by atoms with Crippen LogP contribution in [0.5, 0.6) is 0 Å². The Bertz CT molecular complexity index is 714. The van der Waals surface area contributed by atoms with Crippen LogP contribution >= 0.6 is 15.9 Å². The van der Waals surface area contributed by atoms with Gasteiger partial charge < -0.3 is 4.52 Å². The zero-order valence-electron chi connectivity index (χ0n) is 9.42. The molecule has 3 heterocycles. The molecule has 0 atom stereocenters. The summed E-state index contributed by atoms with van der Waals surface area (Å²) in [4.78, 5) is 12.1. The minimum atomic E-state index is -0.413. The molecule has 0 saturated heterocycles. The van der Waals surface area contributed by atoms with Crippen LogP contribution < -0.4 is 0 Å². The average Bonchev–Trinajstić information content (AvgIpc) is 2.89. The van der Waals surface area contributed by atoms with Crippen molar-refractivity contribution in [3.8, 4) is 23.0 Å². The van der Waals surface area contributed by atoms with Crippen LogP contribution in [-0.4, -0.2) is 20.1 Å². The Hall–Kier alpha value is -2.15. The minimum Gasteiger partial charge on any atom is -0.333 e. The molecular weight excluding hydrogens is 315 g/mol. The lowest BCUT2D eigenvalue weighted by atomic mass is 10.3. The van der Waals surface area contributed by atoms with Crippen molar-refractivity contribution in [2.75, 3.05) is 0 Å². The van der Waals surface area contributed by atoms with E-state index in [1.54, 1.807) is 12.4 Å². The fourth-order valence-corrected chi connectivity index (χ4v) is 1.85. The number of aromatic nitrogens is 4. The number of hydrogen-bond donors (Lipinski definition) is 0. The molecule has 0 aliphatic heterocycles. The summed E-state index contributed by atoms with van der Waals surface area (Å²) in [5, 5.41) is 3.81. The van der Waals surface area contributed by atoms with Gasteiger partial charge in [0.05, 0.1) is 11.8 Å². The Morgan fingerprint density at radius 2 is 2.05 bits per heavy atom. The molecule has 94 valence electrons. The molecule has 0 saturated carbocycles. The summed E-state index contributed by atoms with van der Waals surface area (Å²) in [5.74, 6) is 0.216. The van der Waals surface area contributed by atoms with Gasteiger partial charge in [-0.25, -0.2) is 9.37 Å². The van der Waals surface area contributed by atoms with Crippen LogP contribution in [0.25, 0.3) is 23.0 Å². The highest BCUT2D eigenvalue weighted by atomic mass is 79.9. The topological polar surface area (TPSA) is 64.7 Å². The quantitative estimate of drug-likeness (QED) is 0.726. The molecule has 0 radical (unpaired) electrons. The van der Waals surface area contributed by atoms with E-state index in [-0.39, 0.29) is 0 Å². The summed E-state index contributed by atoms with van der Waals surface area (Å²) in [6, 6.07) is 4.59. The maximum absolute atomic E-state index is 12.8. The highest BCUT2D eigenvalue weighted by molar-refractivity contribution is 9.10. The second-order valence-corrected chi connectivity index (χ2v) is 4.59. The van der Waals surface area contributed by atoms with Crippen molar-refractivity contribution >= 4 is 15.9 Å². The van der Waals surface area contributed by atoms with Crippen LogP contribution in [0.1, 0.15) is 0 Å². The van der Waals surface area contributed by atoms with Gasteiger partial charge in [-0.2, -0.15) is 4.98 Å². The molecule has 0 N–H and O–H groups in total. The smallest absolute Gasteiger partial charge is 0.259 e. The molecule has 7 heteroatoms. The summed E-state index contributed by atoms with van der Waals surface area (Å²) in [7, 11) is 0. The number of nitrogens with zero attached hydrogens (tertiary/aromatic N) is 4. The first-order chi connectivity index (χ1) is 9.22. The summed E-state index contributed by atoms with van der Waals surface area (Å²) < 4.78 is 18.7. The summed E-state index contributed by atoms with van der Waals surface area (Å²) in [6.45, 7) is 0. The number of rotatable bonds is 2. The second-order valence-electron chi connectivity index (χ2n) is 3.68. The number of pyridine rings is 2. The normalized spacial score (nSPS) is 10.6. The average molecular weight is 321 g/mol. The van der Waals surface area contributed by atoms with E-state index in [0.717, 1.165) is 10.7 Å².